The van der Waals surface area contributed by atoms with Crippen molar-refractivity contribution in [3.63, 3.8) is 0 Å². The van der Waals surface area contributed by atoms with Crippen molar-refractivity contribution in [3.05, 3.63) is 41.6 Å². The van der Waals surface area contributed by atoms with Crippen molar-refractivity contribution in [3.8, 4) is 0 Å². The Morgan fingerprint density at radius 2 is 2.00 bits per heavy atom. The van der Waals surface area contributed by atoms with E-state index in [1.54, 1.807) is 6.20 Å². The van der Waals surface area contributed by atoms with Crippen LogP contribution in [0.4, 0.5) is 0 Å². The number of pyridine rings is 1. The molecular weight excluding hydrogens is 236 g/mol. The Bertz CT molecular complexity index is 612. The zero-order chi connectivity index (χ0) is 14.0. The van der Waals surface area contributed by atoms with Gasteiger partial charge < -0.3 is 5.32 Å². The smallest absolute Gasteiger partial charge is 0.252 e. The molecule has 3 nitrogen and oxygen atoms in total. The van der Waals surface area contributed by atoms with Crippen LogP contribution < -0.4 is 5.32 Å². The zero-order valence-electron chi connectivity index (χ0n) is 11.9. The molecule has 0 saturated carbocycles. The van der Waals surface area contributed by atoms with E-state index < -0.39 is 0 Å². The number of carbonyl (C=O) groups is 1. The summed E-state index contributed by atoms with van der Waals surface area (Å²) in [6, 6.07) is 8.13. The molecule has 1 heterocycles. The molecule has 2 rings (SSSR count). The fourth-order valence-corrected chi connectivity index (χ4v) is 1.98. The number of rotatable bonds is 2. The van der Waals surface area contributed by atoms with Gasteiger partial charge in [-0.15, -0.1) is 0 Å². The van der Waals surface area contributed by atoms with Crippen LogP contribution in [0.5, 0.6) is 0 Å². The van der Waals surface area contributed by atoms with Crippen LogP contribution >= 0.6 is 0 Å². The molecule has 0 bridgehead atoms. The maximum atomic E-state index is 11.8. The molecule has 1 aromatic heterocycles. The van der Waals surface area contributed by atoms with Gasteiger partial charge in [-0.1, -0.05) is 26.8 Å². The van der Waals surface area contributed by atoms with Gasteiger partial charge in [-0.25, -0.2) is 0 Å². The van der Waals surface area contributed by atoms with Gasteiger partial charge in [0, 0.05) is 18.1 Å². The number of nitrogens with zero attached hydrogens (tertiary/aromatic N) is 1. The lowest BCUT2D eigenvalue weighted by atomic mass is 9.86. The Balaban J connectivity index is 2.48. The van der Waals surface area contributed by atoms with Crippen LogP contribution in [-0.2, 0) is 5.41 Å². The first-order chi connectivity index (χ1) is 8.91. The fraction of sp³-hybridized carbons (Fsp3) is 0.375. The Morgan fingerprint density at radius 1 is 1.26 bits per heavy atom. The summed E-state index contributed by atoms with van der Waals surface area (Å²) in [4.78, 5) is 16.2. The molecule has 19 heavy (non-hydrogen) atoms. The summed E-state index contributed by atoms with van der Waals surface area (Å²) >= 11 is 0. The molecule has 2 aromatic rings. The Morgan fingerprint density at radius 3 is 2.63 bits per heavy atom. The van der Waals surface area contributed by atoms with Crippen molar-refractivity contribution in [2.45, 2.75) is 33.1 Å². The van der Waals surface area contributed by atoms with Gasteiger partial charge in [0.1, 0.15) is 0 Å². The Labute approximate surface area is 114 Å². The quantitative estimate of drug-likeness (QED) is 0.896. The molecule has 0 saturated heterocycles. The van der Waals surface area contributed by atoms with E-state index in [-0.39, 0.29) is 11.3 Å². The van der Waals surface area contributed by atoms with Gasteiger partial charge in [0.2, 0.25) is 0 Å². The highest BCUT2D eigenvalue weighted by Gasteiger charge is 2.14. The second-order valence-corrected chi connectivity index (χ2v) is 5.74. The van der Waals surface area contributed by atoms with E-state index in [0.717, 1.165) is 10.9 Å². The standard InChI is InChI=1S/C16H20N2O/c1-5-17-15(19)12-8-11-9-13(16(2,3)4)6-7-14(11)18-10-12/h6-10H,5H2,1-4H3,(H,17,19). The summed E-state index contributed by atoms with van der Waals surface area (Å²) in [6.45, 7) is 9.06. The van der Waals surface area contributed by atoms with Crippen molar-refractivity contribution < 1.29 is 4.79 Å². The third-order valence-electron chi connectivity index (χ3n) is 3.15. The van der Waals surface area contributed by atoms with Crippen molar-refractivity contribution >= 4 is 16.8 Å². The molecule has 1 aromatic carbocycles. The highest BCUT2D eigenvalue weighted by atomic mass is 16.1. The van der Waals surface area contributed by atoms with Crippen molar-refractivity contribution in [1.29, 1.82) is 0 Å². The highest BCUT2D eigenvalue weighted by molar-refractivity contribution is 5.97. The number of nitrogens with one attached hydrogen (secondary N) is 1. The highest BCUT2D eigenvalue weighted by Crippen LogP contribution is 2.25. The lowest BCUT2D eigenvalue weighted by Gasteiger charge is -2.19. The number of carbonyl (C=O) groups excluding carboxylic acids is 1. The molecule has 0 aliphatic rings. The van der Waals surface area contributed by atoms with E-state index in [9.17, 15) is 4.79 Å². The van der Waals surface area contributed by atoms with Crippen molar-refractivity contribution in [2.75, 3.05) is 6.54 Å². The van der Waals surface area contributed by atoms with E-state index >= 15 is 0 Å². The first kappa shape index (κ1) is 13.5. The summed E-state index contributed by atoms with van der Waals surface area (Å²) in [5, 5.41) is 3.80. The van der Waals surface area contributed by atoms with Crippen LogP contribution in [-0.4, -0.2) is 17.4 Å². The lowest BCUT2D eigenvalue weighted by Crippen LogP contribution is -2.22. The molecule has 100 valence electrons. The minimum Gasteiger partial charge on any atom is -0.352 e. The minimum atomic E-state index is -0.0712. The van der Waals surface area contributed by atoms with Crippen LogP contribution in [0.3, 0.4) is 0 Å². The van der Waals surface area contributed by atoms with Gasteiger partial charge >= 0.3 is 0 Å². The third-order valence-corrected chi connectivity index (χ3v) is 3.15. The van der Waals surface area contributed by atoms with Crippen LogP contribution in [0, 0.1) is 0 Å². The van der Waals surface area contributed by atoms with E-state index in [4.69, 9.17) is 0 Å². The molecule has 0 atom stereocenters. The van der Waals surface area contributed by atoms with Gasteiger partial charge in [0.25, 0.3) is 5.91 Å². The maximum absolute atomic E-state index is 11.8. The van der Waals surface area contributed by atoms with Crippen LogP contribution in [0.2, 0.25) is 0 Å². The predicted octanol–water partition coefficient (Wildman–Crippen LogP) is 3.28. The summed E-state index contributed by atoms with van der Waals surface area (Å²) in [5.74, 6) is -0.0712. The topological polar surface area (TPSA) is 42.0 Å². The number of hydrogen-bond donors (Lipinski definition) is 1. The Hall–Kier alpha value is -1.90. The second-order valence-electron chi connectivity index (χ2n) is 5.74. The molecule has 0 unspecified atom stereocenters. The number of hydrogen-bond acceptors (Lipinski definition) is 2. The molecule has 0 radical (unpaired) electrons. The summed E-state index contributed by atoms with van der Waals surface area (Å²) in [5.41, 5.74) is 2.87. The van der Waals surface area contributed by atoms with Crippen molar-refractivity contribution in [2.24, 2.45) is 0 Å². The first-order valence-electron chi connectivity index (χ1n) is 6.60. The lowest BCUT2D eigenvalue weighted by molar-refractivity contribution is 0.0955. The minimum absolute atomic E-state index is 0.0712. The van der Waals surface area contributed by atoms with Crippen LogP contribution in [0.25, 0.3) is 10.9 Å². The number of benzene rings is 1. The molecular formula is C16H20N2O. The number of aromatic nitrogens is 1. The second kappa shape index (κ2) is 5.00. The average Bonchev–Trinajstić information content (AvgIpc) is 2.36. The van der Waals surface area contributed by atoms with Crippen molar-refractivity contribution in [1.82, 2.24) is 10.3 Å². The van der Waals surface area contributed by atoms with Gasteiger partial charge in [-0.05, 0) is 36.1 Å². The maximum Gasteiger partial charge on any atom is 0.252 e. The summed E-state index contributed by atoms with van der Waals surface area (Å²) in [7, 11) is 0. The zero-order valence-corrected chi connectivity index (χ0v) is 11.9. The van der Waals surface area contributed by atoms with Gasteiger partial charge in [-0.3, -0.25) is 9.78 Å². The largest absolute Gasteiger partial charge is 0.352 e. The molecule has 0 aliphatic carbocycles. The molecule has 3 heteroatoms. The SMILES string of the molecule is CCNC(=O)c1cnc2ccc(C(C)(C)C)cc2c1. The van der Waals surface area contributed by atoms with E-state index in [2.05, 4.69) is 43.2 Å². The normalized spacial score (nSPS) is 11.6. The monoisotopic (exact) mass is 256 g/mol. The first-order valence-corrected chi connectivity index (χ1v) is 6.60. The van der Waals surface area contributed by atoms with E-state index in [0.29, 0.717) is 12.1 Å². The van der Waals surface area contributed by atoms with Gasteiger partial charge in [0.05, 0.1) is 11.1 Å². The molecule has 0 fully saturated rings. The molecule has 0 aliphatic heterocycles. The molecule has 0 spiro atoms. The number of fused-ring (bicyclic) bond motifs is 1. The van der Waals surface area contributed by atoms with Gasteiger partial charge in [-0.2, -0.15) is 0 Å². The van der Waals surface area contributed by atoms with E-state index in [1.807, 2.05) is 19.1 Å². The molecule has 1 amide bonds. The predicted molar refractivity (Wildman–Crippen MR) is 78.5 cm³/mol. The van der Waals surface area contributed by atoms with Gasteiger partial charge in [0.15, 0.2) is 0 Å². The average molecular weight is 256 g/mol. The van der Waals surface area contributed by atoms with Crippen LogP contribution in [0.1, 0.15) is 43.6 Å². The van der Waals surface area contributed by atoms with E-state index in [1.165, 1.54) is 5.56 Å². The molecule has 1 N–H and O–H groups in total. The third kappa shape index (κ3) is 2.92. The Kier molecular flexibility index (Phi) is 3.56. The van der Waals surface area contributed by atoms with Crippen LogP contribution in [0.15, 0.2) is 30.5 Å². The number of amides is 1. The summed E-state index contributed by atoms with van der Waals surface area (Å²) < 4.78 is 0. The summed E-state index contributed by atoms with van der Waals surface area (Å²) in [6.07, 6.45) is 1.63. The fourth-order valence-electron chi connectivity index (χ4n) is 1.98.